The molecule has 0 saturated carbocycles. The molecule has 0 radical (unpaired) electrons. The maximum absolute atomic E-state index is 4.99. The minimum Gasteiger partial charge on any atom is -0.0932 e. The molecule has 0 aliphatic carbocycles. The van der Waals surface area contributed by atoms with Gasteiger partial charge in [-0.15, -0.1) is 0 Å². The van der Waals surface area contributed by atoms with Crippen LogP contribution in [0.5, 0.6) is 0 Å². The van der Waals surface area contributed by atoms with E-state index in [1.807, 2.05) is 5.37 Å². The highest BCUT2D eigenvalue weighted by atomic mass is 32.1. The van der Waals surface area contributed by atoms with E-state index >= 15 is 0 Å². The van der Waals surface area contributed by atoms with Gasteiger partial charge >= 0.3 is 0 Å². The van der Waals surface area contributed by atoms with E-state index in [4.69, 9.17) is 12.2 Å². The molecule has 0 rings (SSSR count). The summed E-state index contributed by atoms with van der Waals surface area (Å²) in [5.41, 5.74) is 0. The van der Waals surface area contributed by atoms with Crippen molar-refractivity contribution >= 4 is 17.6 Å². The van der Waals surface area contributed by atoms with Crippen LogP contribution in [0.25, 0.3) is 0 Å². The molecule has 1 heteroatoms. The third-order valence-electron chi connectivity index (χ3n) is 2.28. The molecule has 0 fully saturated rings. The zero-order chi connectivity index (χ0) is 9.23. The lowest BCUT2D eigenvalue weighted by atomic mass is 9.98. The quantitative estimate of drug-likeness (QED) is 0.400. The molecule has 0 heterocycles. The Hall–Kier alpha value is 0.0900. The van der Waals surface area contributed by atoms with E-state index in [0.29, 0.717) is 5.92 Å². The van der Waals surface area contributed by atoms with Crippen LogP contribution in [0.3, 0.4) is 0 Å². The van der Waals surface area contributed by atoms with E-state index in [0.717, 1.165) is 0 Å². The Morgan fingerprint density at radius 3 is 2.25 bits per heavy atom. The number of rotatable bonds is 8. The summed E-state index contributed by atoms with van der Waals surface area (Å²) in [7, 11) is 0. The van der Waals surface area contributed by atoms with Gasteiger partial charge < -0.3 is 0 Å². The first kappa shape index (κ1) is 12.1. The van der Waals surface area contributed by atoms with Gasteiger partial charge in [-0.1, -0.05) is 58.2 Å². The van der Waals surface area contributed by atoms with Crippen molar-refractivity contribution < 1.29 is 0 Å². The van der Waals surface area contributed by atoms with Crippen molar-refractivity contribution in [3.8, 4) is 0 Å². The van der Waals surface area contributed by atoms with Gasteiger partial charge in [0.2, 0.25) is 0 Å². The molecule has 0 aliphatic rings. The van der Waals surface area contributed by atoms with E-state index in [-0.39, 0.29) is 0 Å². The average molecular weight is 186 g/mol. The fourth-order valence-corrected chi connectivity index (χ4v) is 1.76. The summed E-state index contributed by atoms with van der Waals surface area (Å²) in [5.74, 6) is 0.710. The van der Waals surface area contributed by atoms with Gasteiger partial charge in [0.1, 0.15) is 0 Å². The Kier molecular flexibility index (Phi) is 9.25. The van der Waals surface area contributed by atoms with Gasteiger partial charge in [-0.3, -0.25) is 0 Å². The van der Waals surface area contributed by atoms with E-state index < -0.39 is 0 Å². The molecule has 0 amide bonds. The normalized spacial score (nSPS) is 12.8. The van der Waals surface area contributed by atoms with Crippen LogP contribution in [0.1, 0.15) is 58.8 Å². The van der Waals surface area contributed by atoms with Crippen LogP contribution in [-0.4, -0.2) is 5.37 Å². The zero-order valence-corrected chi connectivity index (χ0v) is 9.33. The topological polar surface area (TPSA) is 0 Å². The molecule has 0 N–H and O–H groups in total. The molecule has 0 bridgehead atoms. The number of hydrogen-bond donors (Lipinski definition) is 0. The van der Waals surface area contributed by atoms with Gasteiger partial charge in [-0.05, 0) is 24.1 Å². The van der Waals surface area contributed by atoms with Crippen LogP contribution in [-0.2, 0) is 0 Å². The Labute approximate surface area is 82.7 Å². The van der Waals surface area contributed by atoms with Crippen molar-refractivity contribution in [1.82, 2.24) is 0 Å². The van der Waals surface area contributed by atoms with Gasteiger partial charge in [0, 0.05) is 0 Å². The Morgan fingerprint density at radius 2 is 1.75 bits per heavy atom. The van der Waals surface area contributed by atoms with Crippen LogP contribution in [0.4, 0.5) is 0 Å². The molecule has 0 saturated heterocycles. The summed E-state index contributed by atoms with van der Waals surface area (Å²) in [4.78, 5) is 0. The molecule has 0 aromatic carbocycles. The summed E-state index contributed by atoms with van der Waals surface area (Å²) in [6.07, 6.45) is 9.34. The molecule has 1 atom stereocenters. The second-order valence-corrected chi connectivity index (χ2v) is 3.81. The van der Waals surface area contributed by atoms with Crippen LogP contribution < -0.4 is 0 Å². The van der Waals surface area contributed by atoms with Crippen molar-refractivity contribution in [3.05, 3.63) is 0 Å². The maximum Gasteiger partial charge on any atom is -0.0129 e. The van der Waals surface area contributed by atoms with Crippen LogP contribution in [0.15, 0.2) is 0 Å². The summed E-state index contributed by atoms with van der Waals surface area (Å²) < 4.78 is 0. The fourth-order valence-electron chi connectivity index (χ4n) is 1.48. The minimum atomic E-state index is 0.710. The summed E-state index contributed by atoms with van der Waals surface area (Å²) in [5, 5.41) is 1.97. The van der Waals surface area contributed by atoms with Crippen LogP contribution in [0.2, 0.25) is 0 Å². The molecular weight excluding hydrogens is 164 g/mol. The highest BCUT2D eigenvalue weighted by Crippen LogP contribution is 2.14. The smallest absolute Gasteiger partial charge is 0.0129 e. The summed E-state index contributed by atoms with van der Waals surface area (Å²) in [6.45, 7) is 4.49. The Bertz CT molecular complexity index is 99.2. The second kappa shape index (κ2) is 9.18. The largest absolute Gasteiger partial charge is 0.0932 e. The van der Waals surface area contributed by atoms with Crippen LogP contribution in [0, 0.1) is 5.92 Å². The van der Waals surface area contributed by atoms with Crippen molar-refractivity contribution in [2.75, 3.05) is 0 Å². The van der Waals surface area contributed by atoms with Gasteiger partial charge in [-0.25, -0.2) is 0 Å². The average Bonchev–Trinajstić information content (AvgIpc) is 2.10. The Morgan fingerprint density at radius 1 is 1.00 bits per heavy atom. The van der Waals surface area contributed by atoms with Crippen molar-refractivity contribution in [2.24, 2.45) is 5.92 Å². The highest BCUT2D eigenvalue weighted by Gasteiger charge is 2.02. The van der Waals surface area contributed by atoms with Gasteiger partial charge in [0.25, 0.3) is 0 Å². The van der Waals surface area contributed by atoms with Gasteiger partial charge in [-0.2, -0.15) is 0 Å². The van der Waals surface area contributed by atoms with Crippen molar-refractivity contribution in [1.29, 1.82) is 0 Å². The molecule has 0 spiro atoms. The molecule has 72 valence electrons. The summed E-state index contributed by atoms with van der Waals surface area (Å²) >= 11 is 4.99. The molecule has 0 aliphatic heterocycles. The lowest BCUT2D eigenvalue weighted by Crippen LogP contribution is -1.99. The molecular formula is C11H22S. The first-order chi connectivity index (χ1) is 5.85. The zero-order valence-electron chi connectivity index (χ0n) is 8.51. The van der Waals surface area contributed by atoms with E-state index in [1.54, 1.807) is 0 Å². The third kappa shape index (κ3) is 6.78. The monoisotopic (exact) mass is 186 g/mol. The first-order valence-electron chi connectivity index (χ1n) is 5.30. The fraction of sp³-hybridized carbons (Fsp3) is 0.909. The first-order valence-corrected chi connectivity index (χ1v) is 5.77. The number of hydrogen-bond acceptors (Lipinski definition) is 1. The lowest BCUT2D eigenvalue weighted by Gasteiger charge is -2.08. The standard InChI is InChI=1S/C11H22S/c1-3-5-6-7-9-11(10-12)8-4-2/h10-11H,3-9H2,1-2H3. The molecule has 0 nitrogen and oxygen atoms in total. The maximum atomic E-state index is 4.99. The van der Waals surface area contributed by atoms with Gasteiger partial charge in [0.15, 0.2) is 0 Å². The molecule has 0 aromatic rings. The van der Waals surface area contributed by atoms with Crippen molar-refractivity contribution in [2.45, 2.75) is 58.8 Å². The predicted molar refractivity (Wildman–Crippen MR) is 60.8 cm³/mol. The molecule has 1 unspecified atom stereocenters. The van der Waals surface area contributed by atoms with Crippen molar-refractivity contribution in [3.63, 3.8) is 0 Å². The molecule has 0 aromatic heterocycles. The van der Waals surface area contributed by atoms with E-state index in [2.05, 4.69) is 13.8 Å². The van der Waals surface area contributed by atoms with E-state index in [1.165, 1.54) is 44.9 Å². The Balaban J connectivity index is 3.25. The number of unbranched alkanes of at least 4 members (excludes halogenated alkanes) is 3. The lowest BCUT2D eigenvalue weighted by molar-refractivity contribution is 0.528. The predicted octanol–water partition coefficient (Wildman–Crippen LogP) is 4.37. The SMILES string of the molecule is CCCCCCC(C=S)CCC. The second-order valence-electron chi connectivity index (χ2n) is 3.53. The summed E-state index contributed by atoms with van der Waals surface area (Å²) in [6, 6.07) is 0. The number of thiocarbonyl (C=S) groups is 1. The minimum absolute atomic E-state index is 0.710. The van der Waals surface area contributed by atoms with Gasteiger partial charge in [0.05, 0.1) is 0 Å². The van der Waals surface area contributed by atoms with Crippen LogP contribution >= 0.6 is 12.2 Å². The molecule has 12 heavy (non-hydrogen) atoms. The van der Waals surface area contributed by atoms with E-state index in [9.17, 15) is 0 Å². The third-order valence-corrected chi connectivity index (χ3v) is 2.67. The highest BCUT2D eigenvalue weighted by molar-refractivity contribution is 7.79.